The van der Waals surface area contributed by atoms with E-state index < -0.39 is 5.97 Å². The van der Waals surface area contributed by atoms with Crippen LogP contribution >= 0.6 is 0 Å². The highest BCUT2D eigenvalue weighted by atomic mass is 16.5. The number of nitrogens with one attached hydrogen (secondary N) is 1. The second-order valence-corrected chi connectivity index (χ2v) is 4.79. The van der Waals surface area contributed by atoms with Crippen molar-refractivity contribution in [1.82, 2.24) is 5.32 Å². The summed E-state index contributed by atoms with van der Waals surface area (Å²) in [5.74, 6) is 0.185. The zero-order valence-corrected chi connectivity index (χ0v) is 12.2. The van der Waals surface area contributed by atoms with Crippen molar-refractivity contribution >= 4 is 5.97 Å². The lowest BCUT2D eigenvalue weighted by molar-refractivity contribution is -0.136. The van der Waals surface area contributed by atoms with Gasteiger partial charge in [-0.2, -0.15) is 0 Å². The van der Waals surface area contributed by atoms with Crippen LogP contribution in [-0.2, 0) is 11.2 Å². The molecule has 0 amide bonds. The maximum Gasteiger partial charge on any atom is 0.304 e. The first kappa shape index (κ1) is 15.5. The molecule has 0 heterocycles. The second-order valence-electron chi connectivity index (χ2n) is 4.79. The van der Waals surface area contributed by atoms with E-state index in [1.807, 2.05) is 0 Å². The van der Waals surface area contributed by atoms with E-state index in [1.54, 1.807) is 7.11 Å². The fourth-order valence-corrected chi connectivity index (χ4v) is 2.23. The number of ether oxygens (including phenoxy) is 1. The third kappa shape index (κ3) is 4.24. The molecular formula is C15H23NO3. The first-order chi connectivity index (χ1) is 8.97. The third-order valence-corrected chi connectivity index (χ3v) is 3.39. The van der Waals surface area contributed by atoms with Crippen molar-refractivity contribution in [3.05, 3.63) is 28.3 Å². The molecule has 0 saturated carbocycles. The minimum absolute atomic E-state index is 0.156. The number of hydrogen-bond donors (Lipinski definition) is 2. The summed E-state index contributed by atoms with van der Waals surface area (Å²) in [6.07, 6.45) is 0.999. The first-order valence-electron chi connectivity index (χ1n) is 6.53. The Morgan fingerprint density at radius 1 is 1.26 bits per heavy atom. The molecule has 0 aliphatic heterocycles. The zero-order chi connectivity index (χ0) is 14.4. The normalized spacial score (nSPS) is 10.5. The number of hydrogen-bond acceptors (Lipinski definition) is 3. The van der Waals surface area contributed by atoms with E-state index >= 15 is 0 Å². The number of aliphatic carboxylic acids is 1. The highest BCUT2D eigenvalue weighted by molar-refractivity contribution is 5.66. The summed E-state index contributed by atoms with van der Waals surface area (Å²) in [5, 5.41) is 11.7. The van der Waals surface area contributed by atoms with Gasteiger partial charge < -0.3 is 15.2 Å². The number of benzene rings is 1. The Morgan fingerprint density at radius 3 is 2.53 bits per heavy atom. The highest BCUT2D eigenvalue weighted by Crippen LogP contribution is 2.29. The second kappa shape index (κ2) is 7.14. The molecule has 0 fully saturated rings. The molecule has 0 aliphatic carbocycles. The standard InChI is InChI=1S/C15H23NO3/c1-10-9-11(2)13(15(19-4)12(10)3)5-7-16-8-6-14(17)18/h9,16H,5-8H2,1-4H3,(H,17,18). The fourth-order valence-electron chi connectivity index (χ4n) is 2.23. The Balaban J connectivity index is 2.67. The first-order valence-corrected chi connectivity index (χ1v) is 6.53. The largest absolute Gasteiger partial charge is 0.496 e. The van der Waals surface area contributed by atoms with E-state index in [4.69, 9.17) is 9.84 Å². The van der Waals surface area contributed by atoms with Crippen molar-refractivity contribution in [2.75, 3.05) is 20.2 Å². The molecule has 0 bridgehead atoms. The van der Waals surface area contributed by atoms with Gasteiger partial charge in [0.25, 0.3) is 0 Å². The van der Waals surface area contributed by atoms with Crippen LogP contribution in [0.15, 0.2) is 6.07 Å². The number of carbonyl (C=O) groups is 1. The molecule has 1 aromatic carbocycles. The van der Waals surface area contributed by atoms with Crippen molar-refractivity contribution in [3.63, 3.8) is 0 Å². The molecule has 4 nitrogen and oxygen atoms in total. The number of rotatable bonds is 7. The summed E-state index contributed by atoms with van der Waals surface area (Å²) in [4.78, 5) is 10.4. The van der Waals surface area contributed by atoms with Gasteiger partial charge in [0.15, 0.2) is 0 Å². The summed E-state index contributed by atoms with van der Waals surface area (Å²) in [5.41, 5.74) is 4.83. The lowest BCUT2D eigenvalue weighted by Gasteiger charge is -2.16. The molecule has 0 saturated heterocycles. The minimum Gasteiger partial charge on any atom is -0.496 e. The molecule has 19 heavy (non-hydrogen) atoms. The van der Waals surface area contributed by atoms with Crippen LogP contribution in [0.4, 0.5) is 0 Å². The lowest BCUT2D eigenvalue weighted by Crippen LogP contribution is -2.21. The van der Waals surface area contributed by atoms with E-state index in [-0.39, 0.29) is 6.42 Å². The van der Waals surface area contributed by atoms with Crippen LogP contribution in [0.2, 0.25) is 0 Å². The van der Waals surface area contributed by atoms with Crippen LogP contribution in [-0.4, -0.2) is 31.3 Å². The highest BCUT2D eigenvalue weighted by Gasteiger charge is 2.11. The van der Waals surface area contributed by atoms with Crippen molar-refractivity contribution in [2.45, 2.75) is 33.6 Å². The van der Waals surface area contributed by atoms with Gasteiger partial charge in [-0.05, 0) is 56.0 Å². The molecular weight excluding hydrogens is 242 g/mol. The van der Waals surface area contributed by atoms with Crippen LogP contribution in [0.1, 0.15) is 28.7 Å². The minimum atomic E-state index is -0.771. The van der Waals surface area contributed by atoms with Crippen LogP contribution in [0.5, 0.6) is 5.75 Å². The summed E-state index contributed by atoms with van der Waals surface area (Å²) in [7, 11) is 1.70. The monoisotopic (exact) mass is 265 g/mol. The maximum absolute atomic E-state index is 10.4. The molecule has 1 aromatic rings. The van der Waals surface area contributed by atoms with Gasteiger partial charge in [0.1, 0.15) is 5.75 Å². The summed E-state index contributed by atoms with van der Waals surface area (Å²) in [6.45, 7) is 7.49. The predicted molar refractivity (Wildman–Crippen MR) is 76.0 cm³/mol. The van der Waals surface area contributed by atoms with Crippen molar-refractivity contribution in [1.29, 1.82) is 0 Å². The van der Waals surface area contributed by atoms with E-state index in [1.165, 1.54) is 22.3 Å². The van der Waals surface area contributed by atoms with Crippen LogP contribution < -0.4 is 10.1 Å². The molecule has 1 rings (SSSR count). The maximum atomic E-state index is 10.4. The molecule has 0 radical (unpaired) electrons. The number of carboxylic acid groups (broad SMARTS) is 1. The average molecular weight is 265 g/mol. The topological polar surface area (TPSA) is 58.6 Å². The number of aryl methyl sites for hydroxylation is 2. The van der Waals surface area contributed by atoms with Crippen molar-refractivity contribution < 1.29 is 14.6 Å². The summed E-state index contributed by atoms with van der Waals surface area (Å²) in [6, 6.07) is 2.17. The van der Waals surface area contributed by atoms with Gasteiger partial charge in [-0.25, -0.2) is 0 Å². The average Bonchev–Trinajstić information content (AvgIpc) is 2.34. The van der Waals surface area contributed by atoms with Gasteiger partial charge in [-0.15, -0.1) is 0 Å². The van der Waals surface area contributed by atoms with Crippen molar-refractivity contribution in [3.8, 4) is 5.75 Å². The lowest BCUT2D eigenvalue weighted by atomic mass is 9.97. The quantitative estimate of drug-likeness (QED) is 0.742. The molecule has 0 aliphatic rings. The Labute approximate surface area is 114 Å². The zero-order valence-electron chi connectivity index (χ0n) is 12.2. The smallest absolute Gasteiger partial charge is 0.304 e. The number of carboxylic acids is 1. The Morgan fingerprint density at radius 2 is 1.95 bits per heavy atom. The number of methoxy groups -OCH3 is 1. The van der Waals surface area contributed by atoms with Gasteiger partial charge in [0.2, 0.25) is 0 Å². The molecule has 0 atom stereocenters. The Hall–Kier alpha value is -1.55. The SMILES string of the molecule is COc1c(C)c(C)cc(C)c1CCNCCC(=O)O. The molecule has 4 heteroatoms. The van der Waals surface area contributed by atoms with Gasteiger partial charge in [-0.3, -0.25) is 4.79 Å². The fraction of sp³-hybridized carbons (Fsp3) is 0.533. The van der Waals surface area contributed by atoms with E-state index in [2.05, 4.69) is 32.2 Å². The molecule has 0 unspecified atom stereocenters. The van der Waals surface area contributed by atoms with Crippen LogP contribution in [0, 0.1) is 20.8 Å². The van der Waals surface area contributed by atoms with E-state index in [9.17, 15) is 4.79 Å². The van der Waals surface area contributed by atoms with E-state index in [0.29, 0.717) is 6.54 Å². The summed E-state index contributed by atoms with van der Waals surface area (Å²) >= 11 is 0. The molecule has 0 spiro atoms. The van der Waals surface area contributed by atoms with Gasteiger partial charge in [-0.1, -0.05) is 6.07 Å². The Kier molecular flexibility index (Phi) is 5.83. The van der Waals surface area contributed by atoms with E-state index in [0.717, 1.165) is 18.7 Å². The molecule has 106 valence electrons. The summed E-state index contributed by atoms with van der Waals surface area (Å²) < 4.78 is 5.51. The molecule has 0 aromatic heterocycles. The predicted octanol–water partition coefficient (Wildman–Crippen LogP) is 2.23. The third-order valence-electron chi connectivity index (χ3n) is 3.39. The van der Waals surface area contributed by atoms with Gasteiger partial charge >= 0.3 is 5.97 Å². The Bertz CT molecular complexity index is 455. The van der Waals surface area contributed by atoms with Gasteiger partial charge in [0.05, 0.1) is 13.5 Å². The molecule has 2 N–H and O–H groups in total. The van der Waals surface area contributed by atoms with Crippen molar-refractivity contribution in [2.24, 2.45) is 0 Å². The van der Waals surface area contributed by atoms with Gasteiger partial charge in [0, 0.05) is 6.54 Å². The van der Waals surface area contributed by atoms with Crippen LogP contribution in [0.3, 0.4) is 0 Å². The van der Waals surface area contributed by atoms with Crippen LogP contribution in [0.25, 0.3) is 0 Å².